The number of aliphatic carboxylic acids is 1. The molecule has 0 aliphatic carbocycles. The zero-order valence-electron chi connectivity index (χ0n) is 11.0. The lowest BCUT2D eigenvalue weighted by atomic mass is 10.1. The molecule has 0 saturated carbocycles. The Bertz CT molecular complexity index is 552. The number of carboxylic acids is 1. The van der Waals surface area contributed by atoms with Crippen LogP contribution in [0, 0.1) is 6.92 Å². The molecule has 1 aromatic rings. The van der Waals surface area contributed by atoms with Crippen molar-refractivity contribution in [1.82, 2.24) is 5.32 Å². The molecule has 0 aliphatic heterocycles. The molecule has 6 nitrogen and oxygen atoms in total. The highest BCUT2D eigenvalue weighted by Crippen LogP contribution is 2.08. The number of amides is 2. The lowest BCUT2D eigenvalue weighted by molar-refractivity contribution is -0.142. The molecule has 0 aromatic heterocycles. The number of primary amides is 1. The van der Waals surface area contributed by atoms with E-state index in [4.69, 9.17) is 10.8 Å². The Morgan fingerprint density at radius 1 is 1.35 bits per heavy atom. The summed E-state index contributed by atoms with van der Waals surface area (Å²) in [5, 5.41) is 11.1. The Hall–Kier alpha value is -2.63. The van der Waals surface area contributed by atoms with E-state index in [0.717, 1.165) is 11.1 Å². The second-order valence-electron chi connectivity index (χ2n) is 4.26. The zero-order chi connectivity index (χ0) is 15.1. The van der Waals surface area contributed by atoms with Gasteiger partial charge in [-0.05, 0) is 24.1 Å². The molecule has 1 aromatic carbocycles. The van der Waals surface area contributed by atoms with Gasteiger partial charge in [0.15, 0.2) is 0 Å². The summed E-state index contributed by atoms with van der Waals surface area (Å²) in [6.45, 7) is 1.89. The van der Waals surface area contributed by atoms with Crippen LogP contribution in [-0.4, -0.2) is 28.9 Å². The van der Waals surface area contributed by atoms with Gasteiger partial charge in [0.1, 0.15) is 6.04 Å². The number of carbonyl (C=O) groups is 3. The fourth-order valence-electron chi connectivity index (χ4n) is 1.56. The number of rotatable bonds is 6. The summed E-state index contributed by atoms with van der Waals surface area (Å²) in [5.74, 6) is -2.69. The first-order valence-electron chi connectivity index (χ1n) is 5.95. The summed E-state index contributed by atoms with van der Waals surface area (Å²) >= 11 is 0. The molecule has 0 saturated heterocycles. The number of carbonyl (C=O) groups excluding carboxylic acids is 2. The van der Waals surface area contributed by atoms with Crippen LogP contribution in [0.5, 0.6) is 0 Å². The fraction of sp³-hybridized carbons (Fsp3) is 0.214. The first kappa shape index (κ1) is 15.4. The van der Waals surface area contributed by atoms with Crippen molar-refractivity contribution in [2.75, 3.05) is 0 Å². The lowest BCUT2D eigenvalue weighted by Crippen LogP contribution is -2.42. The predicted molar refractivity (Wildman–Crippen MR) is 73.6 cm³/mol. The minimum Gasteiger partial charge on any atom is -0.480 e. The van der Waals surface area contributed by atoms with Crippen LogP contribution in [-0.2, 0) is 14.4 Å². The monoisotopic (exact) mass is 276 g/mol. The van der Waals surface area contributed by atoms with Gasteiger partial charge in [-0.15, -0.1) is 0 Å². The van der Waals surface area contributed by atoms with E-state index in [9.17, 15) is 14.4 Å². The van der Waals surface area contributed by atoms with E-state index in [1.54, 1.807) is 6.08 Å². The van der Waals surface area contributed by atoms with Crippen molar-refractivity contribution in [2.45, 2.75) is 19.4 Å². The summed E-state index contributed by atoms with van der Waals surface area (Å²) in [6, 6.07) is 6.11. The Kier molecular flexibility index (Phi) is 5.46. The van der Waals surface area contributed by atoms with Gasteiger partial charge in [-0.25, -0.2) is 4.79 Å². The summed E-state index contributed by atoms with van der Waals surface area (Å²) in [5.41, 5.74) is 6.76. The van der Waals surface area contributed by atoms with Gasteiger partial charge in [0, 0.05) is 6.08 Å². The first-order chi connectivity index (χ1) is 9.40. The van der Waals surface area contributed by atoms with Gasteiger partial charge in [0.05, 0.1) is 6.42 Å². The van der Waals surface area contributed by atoms with E-state index in [-0.39, 0.29) is 0 Å². The Morgan fingerprint density at radius 3 is 2.55 bits per heavy atom. The van der Waals surface area contributed by atoms with Crippen molar-refractivity contribution in [3.05, 3.63) is 41.5 Å². The van der Waals surface area contributed by atoms with Gasteiger partial charge < -0.3 is 16.2 Å². The number of carboxylic acid groups (broad SMARTS) is 1. The largest absolute Gasteiger partial charge is 0.480 e. The lowest BCUT2D eigenvalue weighted by Gasteiger charge is -2.10. The molecule has 0 heterocycles. The molecule has 2 amide bonds. The van der Waals surface area contributed by atoms with Crippen LogP contribution in [0.15, 0.2) is 30.3 Å². The van der Waals surface area contributed by atoms with Crippen LogP contribution in [0.2, 0.25) is 0 Å². The molecule has 6 heteroatoms. The molecule has 0 aliphatic rings. The first-order valence-corrected chi connectivity index (χ1v) is 5.95. The van der Waals surface area contributed by atoms with Gasteiger partial charge >= 0.3 is 5.97 Å². The second kappa shape index (κ2) is 7.08. The Morgan fingerprint density at radius 2 is 2.00 bits per heavy atom. The third kappa shape index (κ3) is 4.93. The van der Waals surface area contributed by atoms with Crippen LogP contribution in [0.4, 0.5) is 0 Å². The fourth-order valence-corrected chi connectivity index (χ4v) is 1.56. The predicted octanol–water partition coefficient (Wildman–Crippen LogP) is 0.453. The number of aryl methyl sites for hydroxylation is 1. The van der Waals surface area contributed by atoms with Gasteiger partial charge in [0.25, 0.3) is 0 Å². The van der Waals surface area contributed by atoms with Crippen LogP contribution < -0.4 is 11.1 Å². The molecular formula is C14H16N2O4. The maximum Gasteiger partial charge on any atom is 0.326 e. The SMILES string of the molecule is Cc1ccccc1/C=C/C(=O)N[C@H](CC(N)=O)C(=O)O. The number of nitrogens with two attached hydrogens (primary N) is 1. The Labute approximate surface area is 116 Å². The van der Waals surface area contributed by atoms with Crippen LogP contribution in [0.3, 0.4) is 0 Å². The molecule has 0 radical (unpaired) electrons. The number of hydrogen-bond acceptors (Lipinski definition) is 3. The molecule has 106 valence electrons. The number of nitrogens with one attached hydrogen (secondary N) is 1. The maximum absolute atomic E-state index is 11.6. The third-order valence-corrected chi connectivity index (χ3v) is 2.62. The maximum atomic E-state index is 11.6. The molecule has 1 atom stereocenters. The number of benzene rings is 1. The number of hydrogen-bond donors (Lipinski definition) is 3. The normalized spacial score (nSPS) is 12.1. The molecule has 0 unspecified atom stereocenters. The smallest absolute Gasteiger partial charge is 0.326 e. The van der Waals surface area contributed by atoms with Gasteiger partial charge in [-0.3, -0.25) is 9.59 Å². The van der Waals surface area contributed by atoms with Crippen molar-refractivity contribution >= 4 is 23.9 Å². The van der Waals surface area contributed by atoms with Gasteiger partial charge in [0.2, 0.25) is 11.8 Å². The molecule has 1 rings (SSSR count). The van der Waals surface area contributed by atoms with Gasteiger partial charge in [-0.2, -0.15) is 0 Å². The Balaban J connectivity index is 2.69. The van der Waals surface area contributed by atoms with Crippen LogP contribution >= 0.6 is 0 Å². The van der Waals surface area contributed by atoms with E-state index in [1.807, 2.05) is 31.2 Å². The molecule has 0 bridgehead atoms. The topological polar surface area (TPSA) is 109 Å². The van der Waals surface area contributed by atoms with Crippen molar-refractivity contribution in [1.29, 1.82) is 0 Å². The van der Waals surface area contributed by atoms with Crippen molar-refractivity contribution < 1.29 is 19.5 Å². The van der Waals surface area contributed by atoms with Crippen molar-refractivity contribution in [2.24, 2.45) is 5.73 Å². The third-order valence-electron chi connectivity index (χ3n) is 2.62. The average Bonchev–Trinajstić information content (AvgIpc) is 2.36. The van der Waals surface area contributed by atoms with Crippen molar-refractivity contribution in [3.63, 3.8) is 0 Å². The minimum absolute atomic E-state index is 0.445. The van der Waals surface area contributed by atoms with E-state index in [0.29, 0.717) is 0 Å². The van der Waals surface area contributed by atoms with E-state index >= 15 is 0 Å². The van der Waals surface area contributed by atoms with Crippen LogP contribution in [0.25, 0.3) is 6.08 Å². The van der Waals surface area contributed by atoms with Crippen molar-refractivity contribution in [3.8, 4) is 0 Å². The summed E-state index contributed by atoms with van der Waals surface area (Å²) in [7, 11) is 0. The van der Waals surface area contributed by atoms with Crippen LogP contribution in [0.1, 0.15) is 17.5 Å². The second-order valence-corrected chi connectivity index (χ2v) is 4.26. The molecule has 20 heavy (non-hydrogen) atoms. The highest BCUT2D eigenvalue weighted by atomic mass is 16.4. The average molecular weight is 276 g/mol. The van der Waals surface area contributed by atoms with Gasteiger partial charge in [-0.1, -0.05) is 24.3 Å². The summed E-state index contributed by atoms with van der Waals surface area (Å²) in [4.78, 5) is 33.2. The molecule has 0 fully saturated rings. The highest BCUT2D eigenvalue weighted by Gasteiger charge is 2.20. The van der Waals surface area contributed by atoms with E-state index in [2.05, 4.69) is 5.32 Å². The quantitative estimate of drug-likeness (QED) is 0.655. The molecule has 4 N–H and O–H groups in total. The summed E-state index contributed by atoms with van der Waals surface area (Å²) in [6.07, 6.45) is 2.35. The highest BCUT2D eigenvalue weighted by molar-refractivity contribution is 5.95. The van der Waals surface area contributed by atoms with E-state index in [1.165, 1.54) is 6.08 Å². The molecular weight excluding hydrogens is 260 g/mol. The summed E-state index contributed by atoms with van der Waals surface area (Å²) < 4.78 is 0. The minimum atomic E-state index is -1.32. The molecule has 0 spiro atoms. The van der Waals surface area contributed by atoms with E-state index < -0.39 is 30.2 Å². The zero-order valence-corrected chi connectivity index (χ0v) is 11.0. The standard InChI is InChI=1S/C14H16N2O4/c1-9-4-2-3-5-10(9)6-7-13(18)16-11(14(19)20)8-12(15)17/h2-7,11H,8H2,1H3,(H2,15,17)(H,16,18)(H,19,20)/b7-6+/t11-/m1/s1.